The molecule has 0 bridgehead atoms. The van der Waals surface area contributed by atoms with E-state index < -0.39 is 0 Å². The van der Waals surface area contributed by atoms with Gasteiger partial charge in [0.25, 0.3) is 5.91 Å². The van der Waals surface area contributed by atoms with Crippen LogP contribution in [0.5, 0.6) is 0 Å². The highest BCUT2D eigenvalue weighted by molar-refractivity contribution is 7.22. The Morgan fingerprint density at radius 1 is 0.971 bits per heavy atom. The van der Waals surface area contributed by atoms with Gasteiger partial charge >= 0.3 is 0 Å². The number of hydrogen-bond donors (Lipinski definition) is 0. The number of imidazole rings is 1. The Morgan fingerprint density at radius 2 is 1.74 bits per heavy atom. The fourth-order valence-corrected chi connectivity index (χ4v) is 4.96. The Bertz CT molecular complexity index is 1370. The van der Waals surface area contributed by atoms with Crippen LogP contribution in [0.2, 0.25) is 0 Å². The minimum absolute atomic E-state index is 0. The molecule has 0 saturated heterocycles. The second-order valence-electron chi connectivity index (χ2n) is 7.97. The lowest BCUT2D eigenvalue weighted by atomic mass is 10.0. The van der Waals surface area contributed by atoms with Crippen molar-refractivity contribution in [2.45, 2.75) is 19.9 Å². The Balaban J connectivity index is 0.00000274. The summed E-state index contributed by atoms with van der Waals surface area (Å²) in [6.07, 6.45) is 6.32. The van der Waals surface area contributed by atoms with Crippen LogP contribution in [0, 0.1) is 6.92 Å². The first-order chi connectivity index (χ1) is 16.2. The van der Waals surface area contributed by atoms with Crippen LogP contribution < -0.4 is 4.90 Å². The second kappa shape index (κ2) is 10.6. The zero-order valence-electron chi connectivity index (χ0n) is 18.8. The molecule has 0 unspecified atom stereocenters. The van der Waals surface area contributed by atoms with E-state index in [1.807, 2.05) is 64.2 Å². The lowest BCUT2D eigenvalue weighted by Gasteiger charge is -2.20. The average molecular weight is 489 g/mol. The van der Waals surface area contributed by atoms with Crippen molar-refractivity contribution < 1.29 is 4.79 Å². The summed E-state index contributed by atoms with van der Waals surface area (Å²) in [5.41, 5.74) is 4.97. The van der Waals surface area contributed by atoms with Gasteiger partial charge in [0, 0.05) is 31.0 Å². The number of aromatic nitrogens is 3. The normalized spacial score (nSPS) is 10.7. The molecule has 172 valence electrons. The van der Waals surface area contributed by atoms with Crippen molar-refractivity contribution >= 4 is 45.0 Å². The van der Waals surface area contributed by atoms with E-state index in [0.717, 1.165) is 45.0 Å². The van der Waals surface area contributed by atoms with Gasteiger partial charge in [-0.15, -0.1) is 12.4 Å². The van der Waals surface area contributed by atoms with Crippen molar-refractivity contribution in [1.29, 1.82) is 0 Å². The fourth-order valence-electron chi connectivity index (χ4n) is 3.90. The molecule has 34 heavy (non-hydrogen) atoms. The summed E-state index contributed by atoms with van der Waals surface area (Å²) in [4.78, 5) is 24.4. The van der Waals surface area contributed by atoms with Crippen LogP contribution in [0.25, 0.3) is 21.3 Å². The van der Waals surface area contributed by atoms with Crippen molar-refractivity contribution in [2.24, 2.45) is 0 Å². The van der Waals surface area contributed by atoms with Gasteiger partial charge in [-0.05, 0) is 48.2 Å². The van der Waals surface area contributed by atoms with Gasteiger partial charge in [-0.3, -0.25) is 9.69 Å². The van der Waals surface area contributed by atoms with Crippen molar-refractivity contribution in [3.63, 3.8) is 0 Å². The van der Waals surface area contributed by atoms with Gasteiger partial charge in [-0.25, -0.2) is 9.97 Å². The lowest BCUT2D eigenvalue weighted by Crippen LogP contribution is -2.32. The molecular formula is C27H25ClN4OS. The van der Waals surface area contributed by atoms with E-state index in [-0.39, 0.29) is 18.3 Å². The van der Waals surface area contributed by atoms with Crippen molar-refractivity contribution in [3.05, 3.63) is 103 Å². The molecule has 0 spiro atoms. The van der Waals surface area contributed by atoms with Crippen molar-refractivity contribution in [1.82, 2.24) is 14.5 Å². The molecule has 0 saturated carbocycles. The number of carbonyl (C=O) groups excluding carboxylic acids is 1. The minimum atomic E-state index is -0.0306. The molecule has 5 nitrogen and oxygen atoms in total. The van der Waals surface area contributed by atoms with Crippen molar-refractivity contribution in [3.8, 4) is 11.1 Å². The quantitative estimate of drug-likeness (QED) is 0.258. The van der Waals surface area contributed by atoms with E-state index in [2.05, 4.69) is 36.2 Å². The smallest absolute Gasteiger partial charge is 0.260 e. The van der Waals surface area contributed by atoms with E-state index in [0.29, 0.717) is 12.1 Å². The van der Waals surface area contributed by atoms with Crippen LogP contribution in [-0.2, 0) is 6.54 Å². The number of aryl methyl sites for hydroxylation is 2. The van der Waals surface area contributed by atoms with Crippen LogP contribution in [-0.4, -0.2) is 27.0 Å². The Labute approximate surface area is 209 Å². The SMILES string of the molecule is Cc1cccc2sc(N(CCCn3ccnc3)C(=O)c3ccc(-c4ccccc4)cc3)nc12.Cl. The number of halogens is 1. The molecule has 0 aliphatic carbocycles. The first-order valence-corrected chi connectivity index (χ1v) is 11.8. The molecule has 7 heteroatoms. The Kier molecular flexibility index (Phi) is 7.40. The predicted molar refractivity (Wildman–Crippen MR) is 142 cm³/mol. The molecule has 5 aromatic rings. The Morgan fingerprint density at radius 3 is 2.44 bits per heavy atom. The third-order valence-electron chi connectivity index (χ3n) is 5.68. The number of amides is 1. The lowest BCUT2D eigenvalue weighted by molar-refractivity contribution is 0.0986. The first-order valence-electron chi connectivity index (χ1n) is 11.0. The van der Waals surface area contributed by atoms with E-state index in [9.17, 15) is 4.79 Å². The van der Waals surface area contributed by atoms with Gasteiger partial charge in [-0.1, -0.05) is 65.9 Å². The summed E-state index contributed by atoms with van der Waals surface area (Å²) >= 11 is 1.57. The first kappa shape index (κ1) is 23.7. The molecule has 0 atom stereocenters. The monoisotopic (exact) mass is 488 g/mol. The number of benzene rings is 3. The van der Waals surface area contributed by atoms with Crippen LogP contribution in [0.1, 0.15) is 22.3 Å². The molecule has 0 fully saturated rings. The number of hydrogen-bond acceptors (Lipinski definition) is 4. The van der Waals surface area contributed by atoms with Gasteiger partial charge in [0.15, 0.2) is 5.13 Å². The number of anilines is 1. The number of thiazole rings is 1. The number of nitrogens with zero attached hydrogens (tertiary/aromatic N) is 4. The van der Waals surface area contributed by atoms with Gasteiger partial charge in [0.05, 0.1) is 16.5 Å². The third kappa shape index (κ3) is 5.03. The largest absolute Gasteiger partial charge is 0.337 e. The van der Waals surface area contributed by atoms with Crippen LogP contribution in [0.3, 0.4) is 0 Å². The van der Waals surface area contributed by atoms with E-state index in [1.54, 1.807) is 23.9 Å². The topological polar surface area (TPSA) is 51.0 Å². The van der Waals surface area contributed by atoms with Crippen LogP contribution in [0.4, 0.5) is 5.13 Å². The molecule has 0 N–H and O–H groups in total. The molecule has 0 aliphatic heterocycles. The molecule has 3 aromatic carbocycles. The summed E-state index contributed by atoms with van der Waals surface area (Å²) in [5, 5.41) is 0.738. The Hall–Kier alpha value is -3.48. The van der Waals surface area contributed by atoms with E-state index >= 15 is 0 Å². The summed E-state index contributed by atoms with van der Waals surface area (Å²) in [6.45, 7) is 3.43. The zero-order chi connectivity index (χ0) is 22.6. The highest BCUT2D eigenvalue weighted by atomic mass is 35.5. The summed E-state index contributed by atoms with van der Waals surface area (Å²) in [5.74, 6) is -0.0306. The van der Waals surface area contributed by atoms with Crippen LogP contribution >= 0.6 is 23.7 Å². The number of rotatable bonds is 7. The third-order valence-corrected chi connectivity index (χ3v) is 6.73. The summed E-state index contributed by atoms with van der Waals surface area (Å²) in [6, 6.07) is 24.2. The molecule has 0 aliphatic rings. The summed E-state index contributed by atoms with van der Waals surface area (Å²) in [7, 11) is 0. The molecule has 0 radical (unpaired) electrons. The highest BCUT2D eigenvalue weighted by Crippen LogP contribution is 2.32. The zero-order valence-corrected chi connectivity index (χ0v) is 20.4. The van der Waals surface area contributed by atoms with Crippen molar-refractivity contribution in [2.75, 3.05) is 11.4 Å². The number of para-hydroxylation sites is 1. The minimum Gasteiger partial charge on any atom is -0.337 e. The van der Waals surface area contributed by atoms with Gasteiger partial charge < -0.3 is 4.57 Å². The molecule has 1 amide bonds. The number of carbonyl (C=O) groups is 1. The van der Waals surface area contributed by atoms with Gasteiger partial charge in [-0.2, -0.15) is 0 Å². The average Bonchev–Trinajstić information content (AvgIpc) is 3.53. The maximum atomic E-state index is 13.6. The van der Waals surface area contributed by atoms with E-state index in [1.165, 1.54) is 0 Å². The molecular weight excluding hydrogens is 464 g/mol. The number of fused-ring (bicyclic) bond motifs is 1. The maximum absolute atomic E-state index is 13.6. The van der Waals surface area contributed by atoms with E-state index in [4.69, 9.17) is 4.98 Å². The van der Waals surface area contributed by atoms with Gasteiger partial charge in [0.2, 0.25) is 0 Å². The standard InChI is InChI=1S/C27H24N4OS.ClH/c1-20-7-5-10-24-25(20)29-27(33-24)31(17-6-16-30-18-15-28-19-30)26(32)23-13-11-22(12-14-23)21-8-3-2-4-9-21;/h2-5,7-15,18-19H,6,16-17H2,1H3;1H. The molecule has 2 heterocycles. The highest BCUT2D eigenvalue weighted by Gasteiger charge is 2.21. The second-order valence-corrected chi connectivity index (χ2v) is 8.98. The van der Waals surface area contributed by atoms with Crippen LogP contribution in [0.15, 0.2) is 91.5 Å². The molecule has 2 aromatic heterocycles. The maximum Gasteiger partial charge on any atom is 0.260 e. The predicted octanol–water partition coefficient (Wildman–Crippen LogP) is 6.63. The summed E-state index contributed by atoms with van der Waals surface area (Å²) < 4.78 is 3.12. The van der Waals surface area contributed by atoms with Gasteiger partial charge in [0.1, 0.15) is 0 Å². The molecule has 5 rings (SSSR count). The fraction of sp³-hybridized carbons (Fsp3) is 0.148.